The summed E-state index contributed by atoms with van der Waals surface area (Å²) >= 11 is 2.20. The van der Waals surface area contributed by atoms with E-state index in [9.17, 15) is 0 Å². The summed E-state index contributed by atoms with van der Waals surface area (Å²) in [6.07, 6.45) is 0. The lowest BCUT2D eigenvalue weighted by Crippen LogP contribution is -2.39. The molecule has 0 aliphatic rings. The first kappa shape index (κ1) is 14.0. The monoisotopic (exact) mass is 339 g/mol. The molecular formula is C8H11ClIN5. The molecule has 0 aliphatic carbocycles. The van der Waals surface area contributed by atoms with Crippen LogP contribution in [-0.4, -0.2) is 11.9 Å². The van der Waals surface area contributed by atoms with Crippen LogP contribution in [0.15, 0.2) is 24.3 Å². The average Bonchev–Trinajstić information content (AvgIpc) is 2.07. The van der Waals surface area contributed by atoms with E-state index in [1.165, 1.54) is 0 Å². The van der Waals surface area contributed by atoms with Crippen molar-refractivity contribution in [1.82, 2.24) is 5.32 Å². The minimum Gasteiger partial charge on any atom is -0.370 e. The van der Waals surface area contributed by atoms with Crippen LogP contribution in [0.25, 0.3) is 0 Å². The van der Waals surface area contributed by atoms with Crippen LogP contribution in [0.5, 0.6) is 0 Å². The molecule has 0 amide bonds. The molecule has 0 heterocycles. The van der Waals surface area contributed by atoms with Crippen molar-refractivity contribution in [2.45, 2.75) is 0 Å². The van der Waals surface area contributed by atoms with Crippen molar-refractivity contribution in [1.29, 1.82) is 10.8 Å². The molecule has 0 spiro atoms. The topological polar surface area (TPSA) is 97.8 Å². The summed E-state index contributed by atoms with van der Waals surface area (Å²) in [5.74, 6) is -0.272. The molecule has 6 N–H and O–H groups in total. The van der Waals surface area contributed by atoms with Gasteiger partial charge in [0.25, 0.3) is 0 Å². The summed E-state index contributed by atoms with van der Waals surface area (Å²) in [7, 11) is 0. The molecule has 15 heavy (non-hydrogen) atoms. The minimum absolute atomic E-state index is 0. The van der Waals surface area contributed by atoms with E-state index in [1.54, 1.807) is 0 Å². The fourth-order valence-electron chi connectivity index (χ4n) is 0.843. The maximum Gasteiger partial charge on any atom is 0.199 e. The molecule has 5 nitrogen and oxygen atoms in total. The van der Waals surface area contributed by atoms with E-state index in [4.69, 9.17) is 16.6 Å². The van der Waals surface area contributed by atoms with Gasteiger partial charge < -0.3 is 11.1 Å². The summed E-state index contributed by atoms with van der Waals surface area (Å²) in [6, 6.07) is 7.53. The first-order valence-corrected chi connectivity index (χ1v) is 4.88. The van der Waals surface area contributed by atoms with E-state index < -0.39 is 0 Å². The molecule has 82 valence electrons. The lowest BCUT2D eigenvalue weighted by molar-refractivity contribution is 1.20. The second-order valence-corrected chi connectivity index (χ2v) is 3.79. The molecule has 0 unspecified atom stereocenters. The zero-order valence-electron chi connectivity index (χ0n) is 7.67. The zero-order valence-corrected chi connectivity index (χ0v) is 10.6. The van der Waals surface area contributed by atoms with Gasteiger partial charge in [-0.2, -0.15) is 0 Å². The van der Waals surface area contributed by atoms with E-state index in [0.29, 0.717) is 0 Å². The highest BCUT2D eigenvalue weighted by atomic mass is 127. The molecule has 0 bridgehead atoms. The Labute approximate surface area is 107 Å². The lowest BCUT2D eigenvalue weighted by atomic mass is 10.3. The van der Waals surface area contributed by atoms with Gasteiger partial charge in [-0.15, -0.1) is 12.4 Å². The second-order valence-electron chi connectivity index (χ2n) is 2.55. The van der Waals surface area contributed by atoms with Crippen LogP contribution in [-0.2, 0) is 0 Å². The van der Waals surface area contributed by atoms with Crippen LogP contribution >= 0.6 is 35.0 Å². The molecule has 0 saturated carbocycles. The maximum absolute atomic E-state index is 7.37. The Kier molecular flexibility index (Phi) is 6.02. The van der Waals surface area contributed by atoms with Gasteiger partial charge in [-0.05, 0) is 46.9 Å². The molecule has 0 aliphatic heterocycles. The average molecular weight is 340 g/mol. The summed E-state index contributed by atoms with van der Waals surface area (Å²) in [5, 5.41) is 19.4. The van der Waals surface area contributed by atoms with Gasteiger partial charge >= 0.3 is 0 Å². The number of nitrogens with two attached hydrogens (primary N) is 1. The van der Waals surface area contributed by atoms with Gasteiger partial charge in [0, 0.05) is 9.26 Å². The lowest BCUT2D eigenvalue weighted by Gasteiger charge is -2.08. The van der Waals surface area contributed by atoms with Crippen LogP contribution < -0.4 is 16.4 Å². The van der Waals surface area contributed by atoms with Crippen molar-refractivity contribution in [2.75, 3.05) is 5.32 Å². The first-order valence-electron chi connectivity index (χ1n) is 3.80. The predicted molar refractivity (Wildman–Crippen MR) is 72.8 cm³/mol. The molecule has 0 aromatic heterocycles. The normalized spacial score (nSPS) is 8.60. The quantitative estimate of drug-likeness (QED) is 0.305. The minimum atomic E-state index is -0.256. The van der Waals surface area contributed by atoms with Gasteiger partial charge in [0.2, 0.25) is 0 Å². The number of hydrogen-bond acceptors (Lipinski definition) is 2. The SMILES string of the molecule is Cl.N=C(N)NC(=N)Nc1ccc(I)cc1. The number of nitrogens with one attached hydrogen (secondary N) is 4. The number of guanidine groups is 2. The molecule has 1 aromatic rings. The van der Waals surface area contributed by atoms with E-state index in [0.717, 1.165) is 9.26 Å². The highest BCUT2D eigenvalue weighted by Gasteiger charge is 1.97. The molecular weight excluding hydrogens is 328 g/mol. The van der Waals surface area contributed by atoms with E-state index in [-0.39, 0.29) is 24.3 Å². The first-order chi connectivity index (χ1) is 6.58. The summed E-state index contributed by atoms with van der Waals surface area (Å²) < 4.78 is 1.12. The van der Waals surface area contributed by atoms with Gasteiger partial charge in [0.15, 0.2) is 11.9 Å². The summed E-state index contributed by atoms with van der Waals surface area (Å²) in [4.78, 5) is 0. The Morgan fingerprint density at radius 3 is 2.20 bits per heavy atom. The summed E-state index contributed by atoms with van der Waals surface area (Å²) in [6.45, 7) is 0. The van der Waals surface area contributed by atoms with Crippen LogP contribution in [0.3, 0.4) is 0 Å². The Hall–Kier alpha value is -1.02. The smallest absolute Gasteiger partial charge is 0.199 e. The van der Waals surface area contributed by atoms with Gasteiger partial charge in [-0.1, -0.05) is 0 Å². The number of rotatable bonds is 1. The third-order valence-corrected chi connectivity index (χ3v) is 2.09. The number of anilines is 1. The van der Waals surface area contributed by atoms with E-state index in [1.807, 2.05) is 24.3 Å². The molecule has 1 aromatic carbocycles. The maximum atomic E-state index is 7.37. The summed E-state index contributed by atoms with van der Waals surface area (Å²) in [5.41, 5.74) is 5.84. The van der Waals surface area contributed by atoms with Crippen molar-refractivity contribution in [2.24, 2.45) is 5.73 Å². The fraction of sp³-hybridized carbons (Fsp3) is 0. The zero-order chi connectivity index (χ0) is 10.6. The van der Waals surface area contributed by atoms with Gasteiger partial charge in [0.05, 0.1) is 0 Å². The van der Waals surface area contributed by atoms with Crippen molar-refractivity contribution < 1.29 is 0 Å². The van der Waals surface area contributed by atoms with Crippen molar-refractivity contribution >= 4 is 52.6 Å². The van der Waals surface area contributed by atoms with E-state index >= 15 is 0 Å². The van der Waals surface area contributed by atoms with Crippen LogP contribution in [0.2, 0.25) is 0 Å². The van der Waals surface area contributed by atoms with E-state index in [2.05, 4.69) is 33.2 Å². The van der Waals surface area contributed by atoms with Gasteiger partial charge in [-0.3, -0.25) is 16.1 Å². The molecule has 0 atom stereocenters. The van der Waals surface area contributed by atoms with Gasteiger partial charge in [0.1, 0.15) is 0 Å². The van der Waals surface area contributed by atoms with Gasteiger partial charge in [-0.25, -0.2) is 0 Å². The fourth-order valence-corrected chi connectivity index (χ4v) is 1.20. The Morgan fingerprint density at radius 2 is 1.73 bits per heavy atom. The number of halogens is 2. The van der Waals surface area contributed by atoms with Crippen molar-refractivity contribution in [3.8, 4) is 0 Å². The van der Waals surface area contributed by atoms with Crippen LogP contribution in [0.4, 0.5) is 5.69 Å². The highest BCUT2D eigenvalue weighted by Crippen LogP contribution is 2.10. The molecule has 1 rings (SSSR count). The Balaban J connectivity index is 0.00000196. The third-order valence-electron chi connectivity index (χ3n) is 1.37. The van der Waals surface area contributed by atoms with Crippen molar-refractivity contribution in [3.63, 3.8) is 0 Å². The Morgan fingerprint density at radius 1 is 1.20 bits per heavy atom. The molecule has 0 saturated heterocycles. The highest BCUT2D eigenvalue weighted by molar-refractivity contribution is 14.1. The number of benzene rings is 1. The standard InChI is InChI=1S/C8H10IN5.ClH/c9-5-1-3-6(4-2-5)13-8(12)14-7(10)11;/h1-4H,(H6,10,11,12,13,14);1H. The van der Waals surface area contributed by atoms with Crippen LogP contribution in [0.1, 0.15) is 0 Å². The molecule has 0 fully saturated rings. The predicted octanol–water partition coefficient (Wildman–Crippen LogP) is 1.54. The molecule has 0 radical (unpaired) electrons. The second kappa shape index (κ2) is 6.46. The largest absolute Gasteiger partial charge is 0.370 e. The Bertz CT molecular complexity index is 351. The third kappa shape index (κ3) is 5.43. The molecule has 7 heteroatoms. The van der Waals surface area contributed by atoms with Crippen LogP contribution in [0, 0.1) is 14.4 Å². The van der Waals surface area contributed by atoms with Crippen molar-refractivity contribution in [3.05, 3.63) is 27.8 Å². The number of hydrogen-bond donors (Lipinski definition) is 5.